The maximum absolute atomic E-state index is 12.0. The van der Waals surface area contributed by atoms with Crippen molar-refractivity contribution in [3.63, 3.8) is 0 Å². The number of amides is 1. The standard InChI is InChI=1S/C17H26N2O3/c1-5-17(9-14(20)13-7-6-8-18-10-13)11-19(12-17)15(21)22-16(2,3)4/h6-8,10,14,20H,5,9,11-12H2,1-4H3. The van der Waals surface area contributed by atoms with Gasteiger partial charge in [0.15, 0.2) is 0 Å². The second-order valence-electron chi connectivity index (χ2n) is 7.20. The van der Waals surface area contributed by atoms with Crippen molar-refractivity contribution in [2.45, 2.75) is 52.2 Å². The third-order valence-electron chi connectivity index (χ3n) is 4.15. The van der Waals surface area contributed by atoms with Gasteiger partial charge in [0.1, 0.15) is 5.60 Å². The Bertz CT molecular complexity index is 504. The van der Waals surface area contributed by atoms with Gasteiger partial charge in [-0.25, -0.2) is 4.79 Å². The number of rotatable bonds is 4. The topological polar surface area (TPSA) is 62.7 Å². The van der Waals surface area contributed by atoms with Crippen LogP contribution in [0.15, 0.2) is 24.5 Å². The molecule has 1 aliphatic rings. The largest absolute Gasteiger partial charge is 0.444 e. The first-order valence-electron chi connectivity index (χ1n) is 7.81. The number of pyridine rings is 1. The van der Waals surface area contributed by atoms with Crippen molar-refractivity contribution in [1.82, 2.24) is 9.88 Å². The summed E-state index contributed by atoms with van der Waals surface area (Å²) in [6, 6.07) is 3.70. The summed E-state index contributed by atoms with van der Waals surface area (Å²) >= 11 is 0. The monoisotopic (exact) mass is 306 g/mol. The van der Waals surface area contributed by atoms with Crippen LogP contribution >= 0.6 is 0 Å². The van der Waals surface area contributed by atoms with Gasteiger partial charge in [0, 0.05) is 30.9 Å². The zero-order valence-electron chi connectivity index (χ0n) is 13.9. The number of aliphatic hydroxyl groups is 1. The lowest BCUT2D eigenvalue weighted by Gasteiger charge is -2.50. The normalized spacial score (nSPS) is 18.5. The molecule has 1 aromatic heterocycles. The van der Waals surface area contributed by atoms with Crippen molar-refractivity contribution in [3.8, 4) is 0 Å². The Balaban J connectivity index is 1.92. The predicted molar refractivity (Wildman–Crippen MR) is 84.3 cm³/mol. The third-order valence-corrected chi connectivity index (χ3v) is 4.15. The van der Waals surface area contributed by atoms with E-state index in [1.165, 1.54) is 0 Å². The second-order valence-corrected chi connectivity index (χ2v) is 7.20. The zero-order chi connectivity index (χ0) is 16.4. The summed E-state index contributed by atoms with van der Waals surface area (Å²) in [7, 11) is 0. The van der Waals surface area contributed by atoms with Crippen molar-refractivity contribution in [2.24, 2.45) is 5.41 Å². The Kier molecular flexibility index (Phi) is 4.75. The zero-order valence-corrected chi connectivity index (χ0v) is 13.9. The van der Waals surface area contributed by atoms with Gasteiger partial charge in [-0.1, -0.05) is 13.0 Å². The van der Waals surface area contributed by atoms with E-state index in [1.54, 1.807) is 17.3 Å². The van der Waals surface area contributed by atoms with Crippen LogP contribution in [-0.2, 0) is 4.74 Å². The van der Waals surface area contributed by atoms with E-state index in [0.29, 0.717) is 19.5 Å². The predicted octanol–water partition coefficient (Wildman–Crippen LogP) is 3.15. The third kappa shape index (κ3) is 3.97. The lowest BCUT2D eigenvalue weighted by atomic mass is 9.72. The summed E-state index contributed by atoms with van der Waals surface area (Å²) in [6.45, 7) is 8.96. The Morgan fingerprint density at radius 1 is 1.50 bits per heavy atom. The van der Waals surface area contributed by atoms with Crippen LogP contribution in [0.2, 0.25) is 0 Å². The summed E-state index contributed by atoms with van der Waals surface area (Å²) in [5.74, 6) is 0. The molecule has 0 aliphatic carbocycles. The number of likely N-dealkylation sites (tertiary alicyclic amines) is 1. The fourth-order valence-electron chi connectivity index (χ4n) is 2.82. The number of carbonyl (C=O) groups excluding carboxylic acids is 1. The van der Waals surface area contributed by atoms with Gasteiger partial charge >= 0.3 is 6.09 Å². The minimum atomic E-state index is -0.547. The summed E-state index contributed by atoms with van der Waals surface area (Å²) in [4.78, 5) is 17.8. The Morgan fingerprint density at radius 2 is 2.18 bits per heavy atom. The van der Waals surface area contributed by atoms with E-state index in [4.69, 9.17) is 4.74 Å². The van der Waals surface area contributed by atoms with Crippen LogP contribution in [0.5, 0.6) is 0 Å². The van der Waals surface area contributed by atoms with Crippen LogP contribution in [0.3, 0.4) is 0 Å². The van der Waals surface area contributed by atoms with Crippen LogP contribution < -0.4 is 0 Å². The number of nitrogens with zero attached hydrogens (tertiary/aromatic N) is 2. The quantitative estimate of drug-likeness (QED) is 0.928. The Hall–Kier alpha value is -1.62. The molecule has 5 nitrogen and oxygen atoms in total. The molecule has 122 valence electrons. The van der Waals surface area contributed by atoms with Gasteiger partial charge in [0.05, 0.1) is 6.10 Å². The number of hydrogen-bond acceptors (Lipinski definition) is 4. The first kappa shape index (κ1) is 16.7. The molecule has 1 unspecified atom stereocenters. The maximum atomic E-state index is 12.0. The van der Waals surface area contributed by atoms with E-state index in [0.717, 1.165) is 12.0 Å². The van der Waals surface area contributed by atoms with Crippen LogP contribution in [0.25, 0.3) is 0 Å². The molecule has 1 saturated heterocycles. The average Bonchev–Trinajstić information content (AvgIpc) is 2.41. The molecular formula is C17H26N2O3. The lowest BCUT2D eigenvalue weighted by molar-refractivity contribution is -0.0553. The first-order chi connectivity index (χ1) is 10.2. The van der Waals surface area contributed by atoms with Crippen LogP contribution in [0.1, 0.15) is 52.2 Å². The molecule has 0 bridgehead atoms. The van der Waals surface area contributed by atoms with Gasteiger partial charge in [-0.3, -0.25) is 4.98 Å². The van der Waals surface area contributed by atoms with Crippen molar-refractivity contribution < 1.29 is 14.6 Å². The van der Waals surface area contributed by atoms with Crippen LogP contribution in [-0.4, -0.2) is 39.8 Å². The molecule has 1 atom stereocenters. The van der Waals surface area contributed by atoms with E-state index in [9.17, 15) is 9.90 Å². The first-order valence-corrected chi connectivity index (χ1v) is 7.81. The summed E-state index contributed by atoms with van der Waals surface area (Å²) < 4.78 is 5.38. The highest BCUT2D eigenvalue weighted by Crippen LogP contribution is 2.42. The van der Waals surface area contributed by atoms with Gasteiger partial charge < -0.3 is 14.7 Å². The Morgan fingerprint density at radius 3 is 2.68 bits per heavy atom. The number of aliphatic hydroxyl groups excluding tert-OH is 1. The summed E-state index contributed by atoms with van der Waals surface area (Å²) in [6.07, 6.45) is 4.12. The number of ether oxygens (including phenoxy) is 1. The van der Waals surface area contributed by atoms with Crippen LogP contribution in [0, 0.1) is 5.41 Å². The van der Waals surface area contributed by atoms with Gasteiger partial charge in [0.25, 0.3) is 0 Å². The molecular weight excluding hydrogens is 280 g/mol. The molecule has 2 heterocycles. The highest BCUT2D eigenvalue weighted by Gasteiger charge is 2.46. The minimum Gasteiger partial charge on any atom is -0.444 e. The van der Waals surface area contributed by atoms with Gasteiger partial charge in [0.2, 0.25) is 0 Å². The van der Waals surface area contributed by atoms with E-state index in [1.807, 2.05) is 32.9 Å². The summed E-state index contributed by atoms with van der Waals surface area (Å²) in [5, 5.41) is 10.4. The van der Waals surface area contributed by atoms with E-state index >= 15 is 0 Å². The van der Waals surface area contributed by atoms with Crippen LogP contribution in [0.4, 0.5) is 4.79 Å². The number of hydrogen-bond donors (Lipinski definition) is 1. The molecule has 1 amide bonds. The fourth-order valence-corrected chi connectivity index (χ4v) is 2.82. The molecule has 1 N–H and O–H groups in total. The molecule has 0 aromatic carbocycles. The van der Waals surface area contributed by atoms with Crippen molar-refractivity contribution in [1.29, 1.82) is 0 Å². The highest BCUT2D eigenvalue weighted by molar-refractivity contribution is 5.69. The number of aromatic nitrogens is 1. The van der Waals surface area contributed by atoms with E-state index < -0.39 is 11.7 Å². The molecule has 1 fully saturated rings. The molecule has 22 heavy (non-hydrogen) atoms. The molecule has 0 radical (unpaired) electrons. The highest BCUT2D eigenvalue weighted by atomic mass is 16.6. The molecule has 0 spiro atoms. The Labute approximate surface area is 132 Å². The fraction of sp³-hybridized carbons (Fsp3) is 0.647. The molecule has 1 aromatic rings. The minimum absolute atomic E-state index is 0.0356. The van der Waals surface area contributed by atoms with E-state index in [2.05, 4.69) is 11.9 Å². The van der Waals surface area contributed by atoms with Gasteiger partial charge in [-0.15, -0.1) is 0 Å². The molecule has 1 aliphatic heterocycles. The van der Waals surface area contributed by atoms with Crippen molar-refractivity contribution >= 4 is 6.09 Å². The summed E-state index contributed by atoms with van der Waals surface area (Å²) in [5.41, 5.74) is 0.314. The molecule has 0 saturated carbocycles. The lowest BCUT2D eigenvalue weighted by Crippen LogP contribution is -2.59. The second kappa shape index (κ2) is 6.24. The van der Waals surface area contributed by atoms with Crippen molar-refractivity contribution in [3.05, 3.63) is 30.1 Å². The maximum Gasteiger partial charge on any atom is 0.410 e. The smallest absolute Gasteiger partial charge is 0.410 e. The van der Waals surface area contributed by atoms with E-state index in [-0.39, 0.29) is 11.5 Å². The van der Waals surface area contributed by atoms with Crippen molar-refractivity contribution in [2.75, 3.05) is 13.1 Å². The van der Waals surface area contributed by atoms with Gasteiger partial charge in [-0.05, 0) is 45.2 Å². The average molecular weight is 306 g/mol. The number of carbonyl (C=O) groups is 1. The molecule has 2 rings (SSSR count). The molecule has 5 heteroatoms. The van der Waals surface area contributed by atoms with Gasteiger partial charge in [-0.2, -0.15) is 0 Å². The SMILES string of the molecule is CCC1(CC(O)c2cccnc2)CN(C(=O)OC(C)(C)C)C1.